The van der Waals surface area contributed by atoms with Crippen molar-refractivity contribution in [2.45, 2.75) is 84.6 Å². The van der Waals surface area contributed by atoms with Crippen molar-refractivity contribution in [1.82, 2.24) is 4.67 Å². The topological polar surface area (TPSA) is 40.2 Å². The molecule has 45 heavy (non-hydrogen) atoms. The Hall–Kier alpha value is -2.89. The van der Waals surface area contributed by atoms with Gasteiger partial charge in [0.05, 0.1) is 0 Å². The maximum absolute atomic E-state index is 7.61. The summed E-state index contributed by atoms with van der Waals surface area (Å²) in [5, 5.41) is 0. The Morgan fingerprint density at radius 1 is 0.511 bits per heavy atom. The van der Waals surface area contributed by atoms with Crippen LogP contribution in [-0.4, -0.2) is 35.8 Å². The smallest absolute Gasteiger partial charge is 0.261 e. The molecule has 6 rings (SSSR count). The molecule has 0 amide bonds. The minimum atomic E-state index is -1.65. The van der Waals surface area contributed by atoms with Gasteiger partial charge in [-0.05, 0) is 63.8 Å². The van der Waals surface area contributed by atoms with Crippen LogP contribution in [-0.2, 0) is 29.7 Å². The number of ether oxygens (including phenoxy) is 2. The first-order valence-corrected chi connectivity index (χ1v) is 17.2. The molecule has 2 aliphatic rings. The quantitative estimate of drug-likeness (QED) is 0.192. The van der Waals surface area contributed by atoms with Crippen LogP contribution >= 0.6 is 8.53 Å². The lowest BCUT2D eigenvalue weighted by molar-refractivity contribution is -0.175. The van der Waals surface area contributed by atoms with Crippen molar-refractivity contribution in [3.05, 3.63) is 142 Å². The fourth-order valence-electron chi connectivity index (χ4n) is 6.70. The third kappa shape index (κ3) is 5.69. The van der Waals surface area contributed by atoms with Gasteiger partial charge in [-0.3, -0.25) is 0 Å². The Bertz CT molecular complexity index is 1390. The summed E-state index contributed by atoms with van der Waals surface area (Å²) in [5.74, 6) is -0.904. The van der Waals surface area contributed by atoms with Crippen molar-refractivity contribution in [3.63, 3.8) is 0 Å². The predicted octanol–water partition coefficient (Wildman–Crippen LogP) is 9.24. The zero-order valence-corrected chi connectivity index (χ0v) is 28.7. The summed E-state index contributed by atoms with van der Waals surface area (Å²) < 4.78 is 31.8. The fraction of sp³-hybridized carbons (Fsp3) is 0.385. The molecule has 6 heteroatoms. The van der Waals surface area contributed by atoms with E-state index in [1.807, 2.05) is 13.8 Å². The van der Waals surface area contributed by atoms with Crippen molar-refractivity contribution in [1.29, 1.82) is 0 Å². The zero-order valence-electron chi connectivity index (χ0n) is 27.8. The van der Waals surface area contributed by atoms with E-state index in [0.29, 0.717) is 0 Å². The van der Waals surface area contributed by atoms with Crippen molar-refractivity contribution >= 4 is 8.53 Å². The van der Waals surface area contributed by atoms with Gasteiger partial charge in [-0.15, -0.1) is 0 Å². The van der Waals surface area contributed by atoms with E-state index in [1.165, 1.54) is 22.3 Å². The van der Waals surface area contributed by atoms with Crippen LogP contribution < -0.4 is 0 Å². The maximum atomic E-state index is 7.61. The molecule has 0 bridgehead atoms. The largest absolute Gasteiger partial charge is 0.341 e. The molecule has 2 saturated heterocycles. The highest BCUT2D eigenvalue weighted by Crippen LogP contribution is 2.65. The van der Waals surface area contributed by atoms with Gasteiger partial charge < -0.3 is 18.5 Å². The van der Waals surface area contributed by atoms with E-state index in [9.17, 15) is 0 Å². The number of aryl methyl sites for hydroxylation is 4. The van der Waals surface area contributed by atoms with E-state index in [2.05, 4.69) is 143 Å². The molecule has 2 aliphatic heterocycles. The molecule has 0 aromatic heterocycles. The molecule has 236 valence electrons. The summed E-state index contributed by atoms with van der Waals surface area (Å²) in [6, 6.07) is 34.7. The van der Waals surface area contributed by atoms with Gasteiger partial charge in [-0.25, -0.2) is 4.67 Å². The minimum absolute atomic E-state index is 0.566. The zero-order chi connectivity index (χ0) is 32.0. The van der Waals surface area contributed by atoms with Crippen LogP contribution in [0.3, 0.4) is 0 Å². The first-order valence-electron chi connectivity index (χ1n) is 16.1. The highest BCUT2D eigenvalue weighted by atomic mass is 31.2. The van der Waals surface area contributed by atoms with Crippen LogP contribution in [0.2, 0.25) is 0 Å². The number of benzene rings is 4. The summed E-state index contributed by atoms with van der Waals surface area (Å²) in [5.41, 5.74) is 6.72. The average molecular weight is 624 g/mol. The van der Waals surface area contributed by atoms with Gasteiger partial charge in [0.1, 0.15) is 12.2 Å². The number of hydrogen-bond acceptors (Lipinski definition) is 5. The Balaban J connectivity index is 1.73. The van der Waals surface area contributed by atoms with E-state index in [-0.39, 0.29) is 0 Å². The van der Waals surface area contributed by atoms with Crippen molar-refractivity contribution in [3.8, 4) is 0 Å². The van der Waals surface area contributed by atoms with E-state index in [0.717, 1.165) is 35.3 Å². The number of hydrogen-bond donors (Lipinski definition) is 0. The standard InChI is InChI=1S/C39H46NO4P/c1-9-40(10-2)45-43-38(31-19-11-27(3)12-20-31,32-21-13-28(4)14-22-32)35-36(42-37(7,8)41-35)39(44-45,33-23-15-29(5)16-24-33)34-25-17-30(6)18-26-34/h11-26,35-36H,9-10H2,1-8H3/t35-,36-/m1/s1. The lowest BCUT2D eigenvalue weighted by Crippen LogP contribution is -2.53. The molecule has 5 nitrogen and oxygen atoms in total. The van der Waals surface area contributed by atoms with Crippen LogP contribution in [0.4, 0.5) is 0 Å². The number of fused-ring (bicyclic) bond motifs is 1. The van der Waals surface area contributed by atoms with Crippen molar-refractivity contribution < 1.29 is 18.5 Å². The van der Waals surface area contributed by atoms with Gasteiger partial charge >= 0.3 is 0 Å². The number of nitrogens with zero attached hydrogens (tertiary/aromatic N) is 1. The van der Waals surface area contributed by atoms with E-state index < -0.39 is 37.7 Å². The van der Waals surface area contributed by atoms with Crippen LogP contribution in [0.15, 0.2) is 97.1 Å². The third-order valence-electron chi connectivity index (χ3n) is 9.22. The summed E-state index contributed by atoms with van der Waals surface area (Å²) in [6.45, 7) is 18.3. The predicted molar refractivity (Wildman–Crippen MR) is 182 cm³/mol. The average Bonchev–Trinajstić information content (AvgIpc) is 3.31. The monoisotopic (exact) mass is 623 g/mol. The molecule has 0 radical (unpaired) electrons. The highest BCUT2D eigenvalue weighted by molar-refractivity contribution is 7.44. The van der Waals surface area contributed by atoms with Crippen LogP contribution in [0.1, 0.15) is 72.2 Å². The van der Waals surface area contributed by atoms with Gasteiger partial charge in [0.15, 0.2) is 17.0 Å². The Morgan fingerprint density at radius 3 is 1.02 bits per heavy atom. The van der Waals surface area contributed by atoms with E-state index >= 15 is 0 Å². The normalized spacial score (nSPS) is 22.2. The molecule has 0 N–H and O–H groups in total. The third-order valence-corrected chi connectivity index (χ3v) is 11.1. The van der Waals surface area contributed by atoms with Crippen molar-refractivity contribution in [2.24, 2.45) is 0 Å². The van der Waals surface area contributed by atoms with E-state index in [4.69, 9.17) is 18.5 Å². The summed E-state index contributed by atoms with van der Waals surface area (Å²) in [7, 11) is -1.65. The maximum Gasteiger partial charge on any atom is 0.261 e. The second-order valence-corrected chi connectivity index (χ2v) is 14.4. The second-order valence-electron chi connectivity index (χ2n) is 13.0. The lowest BCUT2D eigenvalue weighted by Gasteiger charge is -2.41. The lowest BCUT2D eigenvalue weighted by atomic mass is 9.71. The Labute approximate surface area is 270 Å². The van der Waals surface area contributed by atoms with Crippen LogP contribution in [0.25, 0.3) is 0 Å². The number of rotatable bonds is 7. The summed E-state index contributed by atoms with van der Waals surface area (Å²) in [6.07, 6.45) is -1.13. The van der Waals surface area contributed by atoms with Crippen molar-refractivity contribution in [2.75, 3.05) is 13.1 Å². The van der Waals surface area contributed by atoms with Gasteiger partial charge in [0, 0.05) is 13.1 Å². The molecule has 0 unspecified atom stereocenters. The molecule has 0 aliphatic carbocycles. The summed E-state index contributed by atoms with van der Waals surface area (Å²) in [4.78, 5) is 0. The highest BCUT2D eigenvalue weighted by Gasteiger charge is 2.67. The first-order chi connectivity index (χ1) is 21.5. The molecule has 4 aromatic rings. The molecule has 0 saturated carbocycles. The SMILES string of the molecule is CCN(CC)P1OC(c2ccc(C)cc2)(c2ccc(C)cc2)[C@@H]2OC(C)(C)O[C@H]2C(c2ccc(C)cc2)(c2ccc(C)cc2)O1. The Morgan fingerprint density at radius 2 is 0.778 bits per heavy atom. The minimum Gasteiger partial charge on any atom is -0.341 e. The molecule has 4 aromatic carbocycles. The molecular weight excluding hydrogens is 577 g/mol. The molecular formula is C39H46NO4P. The van der Waals surface area contributed by atoms with Gasteiger partial charge in [0.2, 0.25) is 0 Å². The molecule has 0 spiro atoms. The van der Waals surface area contributed by atoms with E-state index in [1.54, 1.807) is 0 Å². The first kappa shape index (κ1) is 32.1. The molecule has 2 fully saturated rings. The fourth-order valence-corrected chi connectivity index (χ4v) is 8.55. The van der Waals surface area contributed by atoms with Crippen LogP contribution in [0, 0.1) is 27.7 Å². The van der Waals surface area contributed by atoms with Gasteiger partial charge in [-0.2, -0.15) is 0 Å². The molecule has 2 heterocycles. The summed E-state index contributed by atoms with van der Waals surface area (Å²) >= 11 is 0. The Kier molecular flexibility index (Phi) is 8.82. The van der Waals surface area contributed by atoms with Gasteiger partial charge in [-0.1, -0.05) is 133 Å². The second kappa shape index (κ2) is 12.4. The van der Waals surface area contributed by atoms with Crippen LogP contribution in [0.5, 0.6) is 0 Å². The van der Waals surface area contributed by atoms with Gasteiger partial charge in [0.25, 0.3) is 8.53 Å². The molecule has 2 atom stereocenters.